The average molecular weight is 497 g/mol. The first-order valence-corrected chi connectivity index (χ1v) is 12.5. The maximum atomic E-state index is 13.8. The number of pyridine rings is 1. The fourth-order valence-corrected chi connectivity index (χ4v) is 4.50. The van der Waals surface area contributed by atoms with Gasteiger partial charge in [0, 0.05) is 43.2 Å². The molecule has 1 aliphatic heterocycles. The van der Waals surface area contributed by atoms with Crippen LogP contribution in [0.5, 0.6) is 5.75 Å². The molecule has 1 amide bonds. The highest BCUT2D eigenvalue weighted by molar-refractivity contribution is 5.95. The second-order valence-electron chi connectivity index (χ2n) is 9.21. The Morgan fingerprint density at radius 2 is 1.78 bits per heavy atom. The minimum atomic E-state index is -0.304. The largest absolute Gasteiger partial charge is 0.489 e. The molecule has 5 nitrogen and oxygen atoms in total. The fraction of sp³-hybridized carbons (Fsp3) is 0.226. The van der Waals surface area contributed by atoms with Gasteiger partial charge in [0.2, 0.25) is 0 Å². The zero-order chi connectivity index (χ0) is 25.5. The smallest absolute Gasteiger partial charge is 0.254 e. The highest BCUT2D eigenvalue weighted by Crippen LogP contribution is 2.24. The lowest BCUT2D eigenvalue weighted by atomic mass is 10.0. The van der Waals surface area contributed by atoms with Crippen LogP contribution in [0.15, 0.2) is 97.3 Å². The Hall–Kier alpha value is -4.03. The first-order chi connectivity index (χ1) is 18.1. The molecule has 1 saturated heterocycles. The molecule has 0 aliphatic carbocycles. The SMILES string of the molecule is O=C(c1cccc(-c2cccc(F)c2)c1)N(Cc1ccc(OCc2cccnc2)cc1)C[C@@H]1CCCO1. The lowest BCUT2D eigenvalue weighted by molar-refractivity contribution is 0.0507. The van der Waals surface area contributed by atoms with Gasteiger partial charge in [-0.1, -0.05) is 42.5 Å². The number of amides is 1. The third-order valence-corrected chi connectivity index (χ3v) is 6.43. The molecule has 5 rings (SSSR count). The van der Waals surface area contributed by atoms with Gasteiger partial charge in [-0.2, -0.15) is 0 Å². The van der Waals surface area contributed by atoms with Crippen LogP contribution >= 0.6 is 0 Å². The van der Waals surface area contributed by atoms with Crippen LogP contribution < -0.4 is 4.74 Å². The number of carbonyl (C=O) groups is 1. The van der Waals surface area contributed by atoms with Gasteiger partial charge in [-0.05, 0) is 72.0 Å². The molecule has 1 aromatic heterocycles. The van der Waals surface area contributed by atoms with E-state index in [0.29, 0.717) is 25.3 Å². The molecule has 37 heavy (non-hydrogen) atoms. The minimum absolute atomic E-state index is 0.0254. The van der Waals surface area contributed by atoms with Crippen molar-refractivity contribution in [2.24, 2.45) is 0 Å². The number of hydrogen-bond acceptors (Lipinski definition) is 4. The molecular weight excluding hydrogens is 467 g/mol. The van der Waals surface area contributed by atoms with Gasteiger partial charge in [0.1, 0.15) is 18.2 Å². The zero-order valence-electron chi connectivity index (χ0n) is 20.6. The van der Waals surface area contributed by atoms with Crippen molar-refractivity contribution in [3.8, 4) is 16.9 Å². The second kappa shape index (κ2) is 11.8. The van der Waals surface area contributed by atoms with Crippen molar-refractivity contribution in [1.82, 2.24) is 9.88 Å². The molecule has 0 spiro atoms. The first-order valence-electron chi connectivity index (χ1n) is 12.5. The van der Waals surface area contributed by atoms with E-state index in [1.807, 2.05) is 71.6 Å². The van der Waals surface area contributed by atoms with E-state index in [1.54, 1.807) is 18.5 Å². The number of nitrogens with zero attached hydrogens (tertiary/aromatic N) is 2. The molecule has 3 aromatic carbocycles. The number of rotatable bonds is 9. The summed E-state index contributed by atoms with van der Waals surface area (Å²) in [7, 11) is 0. The second-order valence-corrected chi connectivity index (χ2v) is 9.21. The van der Waals surface area contributed by atoms with Crippen molar-refractivity contribution in [3.63, 3.8) is 0 Å². The maximum absolute atomic E-state index is 13.8. The number of carbonyl (C=O) groups excluding carboxylic acids is 1. The molecule has 1 atom stereocenters. The van der Waals surface area contributed by atoms with Crippen LogP contribution in [0.3, 0.4) is 0 Å². The first kappa shape index (κ1) is 24.7. The van der Waals surface area contributed by atoms with Crippen molar-refractivity contribution >= 4 is 5.91 Å². The molecule has 0 N–H and O–H groups in total. The standard InChI is InChI=1S/C31H29FN2O3/c32-28-9-2-7-26(18-28)25-6-1-8-27(17-25)31(35)34(21-30-10-4-16-36-30)20-23-11-13-29(14-12-23)37-22-24-5-3-15-33-19-24/h1-3,5-9,11-15,17-19,30H,4,10,16,20-22H2/t30-/m0/s1. The quantitative estimate of drug-likeness (QED) is 0.273. The third-order valence-electron chi connectivity index (χ3n) is 6.43. The molecule has 0 bridgehead atoms. The Labute approximate surface area is 216 Å². The molecule has 2 heterocycles. The summed E-state index contributed by atoms with van der Waals surface area (Å²) >= 11 is 0. The van der Waals surface area contributed by atoms with Crippen LogP contribution in [0, 0.1) is 5.82 Å². The Morgan fingerprint density at radius 3 is 2.51 bits per heavy atom. The van der Waals surface area contributed by atoms with Gasteiger partial charge in [-0.3, -0.25) is 9.78 Å². The van der Waals surface area contributed by atoms with E-state index in [1.165, 1.54) is 12.1 Å². The lowest BCUT2D eigenvalue weighted by Gasteiger charge is -2.26. The van der Waals surface area contributed by atoms with Gasteiger partial charge in [0.05, 0.1) is 6.10 Å². The zero-order valence-corrected chi connectivity index (χ0v) is 20.6. The predicted octanol–water partition coefficient (Wildman–Crippen LogP) is 6.29. The molecule has 4 aromatic rings. The fourth-order valence-electron chi connectivity index (χ4n) is 4.50. The van der Waals surface area contributed by atoms with Crippen molar-refractivity contribution in [3.05, 3.63) is 120 Å². The summed E-state index contributed by atoms with van der Waals surface area (Å²) in [5, 5.41) is 0. The van der Waals surface area contributed by atoms with Gasteiger partial charge in [-0.25, -0.2) is 4.39 Å². The third kappa shape index (κ3) is 6.60. The average Bonchev–Trinajstić information content (AvgIpc) is 3.46. The Bertz CT molecular complexity index is 1320. The van der Waals surface area contributed by atoms with Crippen LogP contribution in [0.4, 0.5) is 4.39 Å². The van der Waals surface area contributed by atoms with Crippen LogP contribution in [0.25, 0.3) is 11.1 Å². The van der Waals surface area contributed by atoms with Gasteiger partial charge < -0.3 is 14.4 Å². The minimum Gasteiger partial charge on any atom is -0.489 e. The van der Waals surface area contributed by atoms with Crippen LogP contribution in [0.1, 0.15) is 34.3 Å². The summed E-state index contributed by atoms with van der Waals surface area (Å²) in [5.41, 5.74) is 4.11. The highest BCUT2D eigenvalue weighted by Gasteiger charge is 2.24. The Balaban J connectivity index is 1.31. The lowest BCUT2D eigenvalue weighted by Crippen LogP contribution is -2.37. The molecule has 0 unspecified atom stereocenters. The van der Waals surface area contributed by atoms with E-state index in [-0.39, 0.29) is 17.8 Å². The monoisotopic (exact) mass is 496 g/mol. The molecule has 1 fully saturated rings. The van der Waals surface area contributed by atoms with E-state index in [0.717, 1.165) is 47.5 Å². The molecule has 6 heteroatoms. The summed E-state index contributed by atoms with van der Waals surface area (Å²) in [4.78, 5) is 19.6. The van der Waals surface area contributed by atoms with Gasteiger partial charge >= 0.3 is 0 Å². The number of halogens is 1. The molecule has 0 saturated carbocycles. The van der Waals surface area contributed by atoms with Crippen molar-refractivity contribution in [2.45, 2.75) is 32.1 Å². The molecule has 188 valence electrons. The number of hydrogen-bond donors (Lipinski definition) is 0. The predicted molar refractivity (Wildman–Crippen MR) is 141 cm³/mol. The number of ether oxygens (including phenoxy) is 2. The van der Waals surface area contributed by atoms with E-state index < -0.39 is 0 Å². The highest BCUT2D eigenvalue weighted by atomic mass is 19.1. The van der Waals surface area contributed by atoms with E-state index >= 15 is 0 Å². The van der Waals surface area contributed by atoms with Crippen LogP contribution in [-0.2, 0) is 17.9 Å². The van der Waals surface area contributed by atoms with Gasteiger partial charge in [0.25, 0.3) is 5.91 Å². The molecule has 1 aliphatic rings. The normalized spacial score (nSPS) is 14.9. The summed E-state index contributed by atoms with van der Waals surface area (Å²) < 4.78 is 25.5. The van der Waals surface area contributed by atoms with E-state index in [2.05, 4.69) is 4.98 Å². The summed E-state index contributed by atoms with van der Waals surface area (Å²) in [6, 6.07) is 25.4. The summed E-state index contributed by atoms with van der Waals surface area (Å²) in [5.74, 6) is 0.375. The van der Waals surface area contributed by atoms with Crippen molar-refractivity contribution in [1.29, 1.82) is 0 Å². The van der Waals surface area contributed by atoms with Crippen LogP contribution in [0.2, 0.25) is 0 Å². The van der Waals surface area contributed by atoms with Crippen molar-refractivity contribution < 1.29 is 18.7 Å². The van der Waals surface area contributed by atoms with Gasteiger partial charge in [-0.15, -0.1) is 0 Å². The molecule has 0 radical (unpaired) electrons. The topological polar surface area (TPSA) is 51.7 Å². The van der Waals surface area contributed by atoms with Gasteiger partial charge in [0.15, 0.2) is 0 Å². The maximum Gasteiger partial charge on any atom is 0.254 e. The number of aromatic nitrogens is 1. The summed E-state index contributed by atoms with van der Waals surface area (Å²) in [6.45, 7) is 2.14. The van der Waals surface area contributed by atoms with E-state index in [4.69, 9.17) is 9.47 Å². The van der Waals surface area contributed by atoms with Crippen LogP contribution in [-0.4, -0.2) is 35.0 Å². The number of benzene rings is 3. The Morgan fingerprint density at radius 1 is 0.973 bits per heavy atom. The summed E-state index contributed by atoms with van der Waals surface area (Å²) in [6.07, 6.45) is 5.49. The molecular formula is C31H29FN2O3. The van der Waals surface area contributed by atoms with E-state index in [9.17, 15) is 9.18 Å². The van der Waals surface area contributed by atoms with Crippen molar-refractivity contribution in [2.75, 3.05) is 13.2 Å². The Kier molecular flexibility index (Phi) is 7.87.